The lowest BCUT2D eigenvalue weighted by molar-refractivity contribution is -0.139. The van der Waals surface area contributed by atoms with Crippen molar-refractivity contribution in [2.24, 2.45) is 0 Å². The van der Waals surface area contributed by atoms with E-state index in [1.54, 1.807) is 6.92 Å². The Labute approximate surface area is 123 Å². The Kier molecular flexibility index (Phi) is 4.62. The molecule has 0 radical (unpaired) electrons. The Morgan fingerprint density at radius 1 is 1.19 bits per heavy atom. The van der Waals surface area contributed by atoms with Gasteiger partial charge < -0.3 is 10.6 Å². The molecule has 0 aliphatic carbocycles. The molecule has 1 heterocycles. The van der Waals surface area contributed by atoms with E-state index in [1.807, 2.05) is 30.3 Å². The van der Waals surface area contributed by atoms with Gasteiger partial charge in [0.05, 0.1) is 17.5 Å². The molecule has 0 aromatic heterocycles. The zero-order valence-electron chi connectivity index (χ0n) is 11.7. The number of nitrogens with one attached hydrogen (secondary N) is 2. The summed E-state index contributed by atoms with van der Waals surface area (Å²) in [6.45, 7) is 1.78. The third-order valence-electron chi connectivity index (χ3n) is 3.42. The Morgan fingerprint density at radius 2 is 1.86 bits per heavy atom. The van der Waals surface area contributed by atoms with E-state index in [9.17, 15) is 18.0 Å². The molecule has 6 nitrogen and oxygen atoms in total. The summed E-state index contributed by atoms with van der Waals surface area (Å²) in [6, 6.07) is 8.50. The molecule has 0 saturated carbocycles. The Balaban J connectivity index is 1.87. The van der Waals surface area contributed by atoms with Gasteiger partial charge in [-0.1, -0.05) is 30.3 Å². The van der Waals surface area contributed by atoms with Crippen molar-refractivity contribution in [3.63, 3.8) is 0 Å². The van der Waals surface area contributed by atoms with Crippen LogP contribution in [0.5, 0.6) is 0 Å². The SMILES string of the molecule is CC(NC(=O)C(=O)NC1CCS(=O)(=O)C1)c1ccccc1. The molecular weight excluding hydrogens is 292 g/mol. The molecule has 1 aromatic carbocycles. The molecule has 0 spiro atoms. The minimum absolute atomic E-state index is 0.0555. The van der Waals surface area contributed by atoms with Gasteiger partial charge in [-0.25, -0.2) is 8.42 Å². The van der Waals surface area contributed by atoms with Crippen molar-refractivity contribution in [1.82, 2.24) is 10.6 Å². The first-order valence-corrected chi connectivity index (χ1v) is 8.56. The maximum Gasteiger partial charge on any atom is 0.309 e. The van der Waals surface area contributed by atoms with Crippen LogP contribution in [-0.2, 0) is 19.4 Å². The summed E-state index contributed by atoms with van der Waals surface area (Å²) in [4.78, 5) is 23.6. The third-order valence-corrected chi connectivity index (χ3v) is 5.19. The number of carbonyl (C=O) groups excluding carboxylic acids is 2. The van der Waals surface area contributed by atoms with Crippen LogP contribution in [0, 0.1) is 0 Å². The van der Waals surface area contributed by atoms with Crippen molar-refractivity contribution >= 4 is 21.7 Å². The summed E-state index contributed by atoms with van der Waals surface area (Å²) in [5.74, 6) is -1.59. The lowest BCUT2D eigenvalue weighted by Crippen LogP contribution is -2.45. The molecule has 1 aromatic rings. The van der Waals surface area contributed by atoms with Crippen LogP contribution in [0.3, 0.4) is 0 Å². The average molecular weight is 310 g/mol. The predicted molar refractivity (Wildman–Crippen MR) is 78.2 cm³/mol. The van der Waals surface area contributed by atoms with Gasteiger partial charge in [0, 0.05) is 6.04 Å². The Hall–Kier alpha value is -1.89. The number of benzene rings is 1. The van der Waals surface area contributed by atoms with Gasteiger partial charge in [0.15, 0.2) is 9.84 Å². The fraction of sp³-hybridized carbons (Fsp3) is 0.429. The Morgan fingerprint density at radius 3 is 2.43 bits per heavy atom. The molecule has 2 unspecified atom stereocenters. The van der Waals surface area contributed by atoms with Gasteiger partial charge in [0.25, 0.3) is 0 Å². The van der Waals surface area contributed by atoms with Crippen LogP contribution in [0.25, 0.3) is 0 Å². The van der Waals surface area contributed by atoms with Crippen LogP contribution < -0.4 is 10.6 Å². The molecular formula is C14H18N2O4S. The van der Waals surface area contributed by atoms with E-state index in [4.69, 9.17) is 0 Å². The summed E-state index contributed by atoms with van der Waals surface area (Å²) >= 11 is 0. The lowest BCUT2D eigenvalue weighted by atomic mass is 10.1. The fourth-order valence-electron chi connectivity index (χ4n) is 2.25. The van der Waals surface area contributed by atoms with Gasteiger partial charge in [-0.15, -0.1) is 0 Å². The van der Waals surface area contributed by atoms with E-state index >= 15 is 0 Å². The average Bonchev–Trinajstić information content (AvgIpc) is 2.78. The van der Waals surface area contributed by atoms with Crippen molar-refractivity contribution in [3.05, 3.63) is 35.9 Å². The molecule has 2 N–H and O–H groups in total. The third kappa shape index (κ3) is 4.29. The molecule has 1 fully saturated rings. The highest BCUT2D eigenvalue weighted by molar-refractivity contribution is 7.91. The molecule has 21 heavy (non-hydrogen) atoms. The molecule has 1 aliphatic rings. The summed E-state index contributed by atoms with van der Waals surface area (Å²) in [7, 11) is -3.08. The second-order valence-corrected chi connectivity index (χ2v) is 7.41. The van der Waals surface area contributed by atoms with Crippen LogP contribution in [0.1, 0.15) is 24.9 Å². The number of sulfone groups is 1. The van der Waals surface area contributed by atoms with Crippen molar-refractivity contribution < 1.29 is 18.0 Å². The van der Waals surface area contributed by atoms with E-state index in [1.165, 1.54) is 0 Å². The summed E-state index contributed by atoms with van der Waals surface area (Å²) in [6.07, 6.45) is 0.357. The summed E-state index contributed by atoms with van der Waals surface area (Å²) in [5.41, 5.74) is 0.891. The zero-order valence-corrected chi connectivity index (χ0v) is 12.5. The van der Waals surface area contributed by atoms with Gasteiger partial charge >= 0.3 is 11.8 Å². The number of rotatable bonds is 3. The topological polar surface area (TPSA) is 92.3 Å². The largest absolute Gasteiger partial charge is 0.344 e. The maximum absolute atomic E-state index is 11.8. The summed E-state index contributed by atoms with van der Waals surface area (Å²) < 4.78 is 22.6. The van der Waals surface area contributed by atoms with Crippen molar-refractivity contribution in [1.29, 1.82) is 0 Å². The highest BCUT2D eigenvalue weighted by atomic mass is 32.2. The molecule has 2 atom stereocenters. The van der Waals surface area contributed by atoms with Gasteiger partial charge in [0.2, 0.25) is 0 Å². The molecule has 7 heteroatoms. The van der Waals surface area contributed by atoms with E-state index in [2.05, 4.69) is 10.6 Å². The first-order valence-electron chi connectivity index (χ1n) is 6.74. The van der Waals surface area contributed by atoms with Crippen molar-refractivity contribution in [2.75, 3.05) is 11.5 Å². The smallest absolute Gasteiger partial charge is 0.309 e. The molecule has 1 saturated heterocycles. The standard InChI is InChI=1S/C14H18N2O4S/c1-10(11-5-3-2-4-6-11)15-13(17)14(18)16-12-7-8-21(19,20)9-12/h2-6,10,12H,7-9H2,1H3,(H,15,17)(H,16,18). The van der Waals surface area contributed by atoms with E-state index in [-0.39, 0.29) is 17.5 Å². The first kappa shape index (κ1) is 15.5. The number of hydrogen-bond acceptors (Lipinski definition) is 4. The maximum atomic E-state index is 11.8. The van der Waals surface area contributed by atoms with Crippen molar-refractivity contribution in [3.8, 4) is 0 Å². The minimum Gasteiger partial charge on any atom is -0.344 e. The number of amides is 2. The molecule has 0 bridgehead atoms. The molecule has 2 amide bonds. The molecule has 2 rings (SSSR count). The van der Waals surface area contributed by atoms with Gasteiger partial charge in [-0.2, -0.15) is 0 Å². The van der Waals surface area contributed by atoms with Crippen LogP contribution >= 0.6 is 0 Å². The van der Waals surface area contributed by atoms with E-state index in [0.717, 1.165) is 5.56 Å². The van der Waals surface area contributed by atoms with Crippen LogP contribution in [0.2, 0.25) is 0 Å². The predicted octanol–water partition coefficient (Wildman–Crippen LogP) is 0.167. The Bertz CT molecular complexity index is 628. The quantitative estimate of drug-likeness (QED) is 0.778. The summed E-state index contributed by atoms with van der Waals surface area (Å²) in [5, 5.41) is 5.05. The highest BCUT2D eigenvalue weighted by Gasteiger charge is 2.30. The minimum atomic E-state index is -3.08. The zero-order chi connectivity index (χ0) is 15.5. The second kappa shape index (κ2) is 6.26. The van der Waals surface area contributed by atoms with E-state index < -0.39 is 27.7 Å². The van der Waals surface area contributed by atoms with Gasteiger partial charge in [-0.3, -0.25) is 9.59 Å². The van der Waals surface area contributed by atoms with Crippen molar-refractivity contribution in [2.45, 2.75) is 25.4 Å². The fourth-order valence-corrected chi connectivity index (χ4v) is 3.92. The molecule has 1 aliphatic heterocycles. The monoisotopic (exact) mass is 310 g/mol. The second-order valence-electron chi connectivity index (χ2n) is 5.18. The van der Waals surface area contributed by atoms with Crippen LogP contribution in [0.4, 0.5) is 0 Å². The van der Waals surface area contributed by atoms with Crippen LogP contribution in [0.15, 0.2) is 30.3 Å². The molecule has 114 valence electrons. The highest BCUT2D eigenvalue weighted by Crippen LogP contribution is 2.12. The van der Waals surface area contributed by atoms with E-state index in [0.29, 0.717) is 6.42 Å². The lowest BCUT2D eigenvalue weighted by Gasteiger charge is -2.15. The number of carbonyl (C=O) groups is 2. The van der Waals surface area contributed by atoms with Crippen LogP contribution in [-0.4, -0.2) is 37.8 Å². The number of hydrogen-bond donors (Lipinski definition) is 2. The van der Waals surface area contributed by atoms with Gasteiger partial charge in [-0.05, 0) is 18.9 Å². The first-order chi connectivity index (χ1) is 9.87. The van der Waals surface area contributed by atoms with Gasteiger partial charge in [0.1, 0.15) is 0 Å². The normalized spacial score (nSPS) is 21.5.